The van der Waals surface area contributed by atoms with Gasteiger partial charge in [-0.05, 0) is 0 Å². The molecule has 0 radical (unpaired) electrons. The SMILES string of the molecule is C.C.C.CC(=O)N1CC=CC1. The normalized spacial score (nSPS) is 12.6. The van der Waals surface area contributed by atoms with Crippen LogP contribution in [0.2, 0.25) is 0 Å². The van der Waals surface area contributed by atoms with Crippen molar-refractivity contribution in [2.24, 2.45) is 0 Å². The molecule has 11 heavy (non-hydrogen) atoms. The van der Waals surface area contributed by atoms with Gasteiger partial charge < -0.3 is 4.90 Å². The van der Waals surface area contributed by atoms with Gasteiger partial charge in [0.25, 0.3) is 0 Å². The highest BCUT2D eigenvalue weighted by Gasteiger charge is 2.06. The van der Waals surface area contributed by atoms with E-state index in [2.05, 4.69) is 0 Å². The number of hydrogen-bond acceptors (Lipinski definition) is 1. The molecule has 1 amide bonds. The maximum absolute atomic E-state index is 10.5. The third-order valence-electron chi connectivity index (χ3n) is 1.26. The monoisotopic (exact) mass is 159 g/mol. The molecule has 1 aliphatic heterocycles. The Bertz CT molecular complexity index is 122. The molecule has 0 N–H and O–H groups in total. The second kappa shape index (κ2) is 7.32. The first-order chi connectivity index (χ1) is 3.80. The highest BCUT2D eigenvalue weighted by molar-refractivity contribution is 5.74. The van der Waals surface area contributed by atoms with Crippen molar-refractivity contribution < 1.29 is 4.79 Å². The van der Waals surface area contributed by atoms with E-state index >= 15 is 0 Å². The van der Waals surface area contributed by atoms with E-state index in [9.17, 15) is 4.79 Å². The number of amides is 1. The summed E-state index contributed by atoms with van der Waals surface area (Å²) in [7, 11) is 0. The maximum Gasteiger partial charge on any atom is 0.220 e. The lowest BCUT2D eigenvalue weighted by atomic mass is 10.6. The molecular weight excluding hydrogens is 138 g/mol. The Hall–Kier alpha value is -0.790. The van der Waals surface area contributed by atoms with Crippen LogP contribution in [0.15, 0.2) is 12.2 Å². The quantitative estimate of drug-likeness (QED) is 0.497. The molecule has 0 saturated carbocycles. The summed E-state index contributed by atoms with van der Waals surface area (Å²) >= 11 is 0. The topological polar surface area (TPSA) is 20.3 Å². The Morgan fingerprint density at radius 2 is 1.55 bits per heavy atom. The van der Waals surface area contributed by atoms with Crippen molar-refractivity contribution in [1.29, 1.82) is 0 Å². The second-order valence-corrected chi connectivity index (χ2v) is 1.90. The number of nitrogens with zero attached hydrogens (tertiary/aromatic N) is 1. The van der Waals surface area contributed by atoms with E-state index in [0.717, 1.165) is 13.1 Å². The zero-order valence-electron chi connectivity index (χ0n) is 4.92. The minimum atomic E-state index is 0. The van der Waals surface area contributed by atoms with Crippen LogP contribution in [0.5, 0.6) is 0 Å². The summed E-state index contributed by atoms with van der Waals surface area (Å²) in [5.74, 6) is 0.162. The Labute approximate surface area is 70.9 Å². The molecule has 1 heterocycles. The van der Waals surface area contributed by atoms with Gasteiger partial charge in [0.15, 0.2) is 0 Å². The van der Waals surface area contributed by atoms with Crippen molar-refractivity contribution in [3.05, 3.63) is 12.2 Å². The van der Waals surface area contributed by atoms with Gasteiger partial charge in [-0.25, -0.2) is 0 Å². The molecule has 0 aromatic carbocycles. The van der Waals surface area contributed by atoms with Crippen LogP contribution in [0.4, 0.5) is 0 Å². The Morgan fingerprint density at radius 1 is 1.18 bits per heavy atom. The maximum atomic E-state index is 10.5. The Kier molecular flexibility index (Phi) is 11.1. The van der Waals surface area contributed by atoms with Gasteiger partial charge in [0, 0.05) is 20.0 Å². The fraction of sp³-hybridized carbons (Fsp3) is 0.667. The molecule has 0 unspecified atom stereocenters. The highest BCUT2D eigenvalue weighted by Crippen LogP contribution is 1.97. The zero-order valence-corrected chi connectivity index (χ0v) is 4.92. The summed E-state index contributed by atoms with van der Waals surface area (Å²) in [4.78, 5) is 12.3. The molecule has 0 aromatic rings. The van der Waals surface area contributed by atoms with Crippen molar-refractivity contribution in [3.8, 4) is 0 Å². The molecule has 0 aliphatic carbocycles. The highest BCUT2D eigenvalue weighted by atomic mass is 16.2. The summed E-state index contributed by atoms with van der Waals surface area (Å²) in [6.07, 6.45) is 4.00. The van der Waals surface area contributed by atoms with E-state index in [-0.39, 0.29) is 28.2 Å². The standard InChI is InChI=1S/C6H9NO.3CH4/c1-6(8)7-4-2-3-5-7;;;/h2-3H,4-5H2,1H3;3*1H4. The van der Waals surface area contributed by atoms with Gasteiger partial charge >= 0.3 is 0 Å². The average Bonchev–Trinajstić information content (AvgIpc) is 2.12. The van der Waals surface area contributed by atoms with Crippen LogP contribution >= 0.6 is 0 Å². The number of carbonyl (C=O) groups is 1. The van der Waals surface area contributed by atoms with E-state index in [1.807, 2.05) is 12.2 Å². The smallest absolute Gasteiger partial charge is 0.220 e. The molecule has 2 nitrogen and oxygen atoms in total. The molecule has 1 aliphatic rings. The molecule has 0 spiro atoms. The van der Waals surface area contributed by atoms with Crippen LogP contribution < -0.4 is 0 Å². The van der Waals surface area contributed by atoms with E-state index < -0.39 is 0 Å². The van der Waals surface area contributed by atoms with Gasteiger partial charge in [0.1, 0.15) is 0 Å². The van der Waals surface area contributed by atoms with Crippen molar-refractivity contribution >= 4 is 5.91 Å². The molecule has 1 rings (SSSR count). The van der Waals surface area contributed by atoms with Crippen molar-refractivity contribution in [2.45, 2.75) is 29.2 Å². The third kappa shape index (κ3) is 4.59. The van der Waals surface area contributed by atoms with Crippen LogP contribution in [0.25, 0.3) is 0 Å². The lowest BCUT2D eigenvalue weighted by Gasteiger charge is -2.10. The number of hydrogen-bond donors (Lipinski definition) is 0. The molecule has 0 bridgehead atoms. The predicted molar refractivity (Wildman–Crippen MR) is 51.6 cm³/mol. The van der Waals surface area contributed by atoms with Crippen LogP contribution in [0.3, 0.4) is 0 Å². The van der Waals surface area contributed by atoms with Crippen LogP contribution in [-0.2, 0) is 4.79 Å². The minimum absolute atomic E-state index is 0. The van der Waals surface area contributed by atoms with Gasteiger partial charge in [0.2, 0.25) is 5.91 Å². The van der Waals surface area contributed by atoms with E-state index in [1.54, 1.807) is 11.8 Å². The lowest BCUT2D eigenvalue weighted by Crippen LogP contribution is -2.24. The summed E-state index contributed by atoms with van der Waals surface area (Å²) in [5, 5.41) is 0. The fourth-order valence-corrected chi connectivity index (χ4v) is 0.735. The molecule has 0 atom stereocenters. The largest absolute Gasteiger partial charge is 0.335 e. The van der Waals surface area contributed by atoms with Crippen LogP contribution in [-0.4, -0.2) is 23.9 Å². The van der Waals surface area contributed by atoms with Crippen LogP contribution in [0, 0.1) is 0 Å². The molecular formula is C9H21NO. The third-order valence-corrected chi connectivity index (χ3v) is 1.26. The van der Waals surface area contributed by atoms with E-state index in [0.29, 0.717) is 0 Å². The van der Waals surface area contributed by atoms with Gasteiger partial charge in [-0.3, -0.25) is 4.79 Å². The average molecular weight is 159 g/mol. The van der Waals surface area contributed by atoms with Crippen molar-refractivity contribution in [1.82, 2.24) is 4.90 Å². The summed E-state index contributed by atoms with van der Waals surface area (Å²) < 4.78 is 0. The first kappa shape index (κ1) is 16.7. The minimum Gasteiger partial charge on any atom is -0.335 e. The van der Waals surface area contributed by atoms with E-state index in [1.165, 1.54) is 0 Å². The van der Waals surface area contributed by atoms with Gasteiger partial charge in [0.05, 0.1) is 0 Å². The molecule has 68 valence electrons. The van der Waals surface area contributed by atoms with Crippen molar-refractivity contribution in [2.75, 3.05) is 13.1 Å². The molecule has 0 fully saturated rings. The van der Waals surface area contributed by atoms with Crippen molar-refractivity contribution in [3.63, 3.8) is 0 Å². The predicted octanol–water partition coefficient (Wildman–Crippen LogP) is 2.31. The van der Waals surface area contributed by atoms with Gasteiger partial charge in [-0.2, -0.15) is 0 Å². The van der Waals surface area contributed by atoms with Gasteiger partial charge in [-0.1, -0.05) is 34.4 Å². The molecule has 0 aromatic heterocycles. The number of rotatable bonds is 0. The number of carbonyl (C=O) groups excluding carboxylic acids is 1. The summed E-state index contributed by atoms with van der Waals surface area (Å²) in [6.45, 7) is 3.19. The molecule has 0 saturated heterocycles. The Morgan fingerprint density at radius 3 is 1.73 bits per heavy atom. The summed E-state index contributed by atoms with van der Waals surface area (Å²) in [6, 6.07) is 0. The first-order valence-corrected chi connectivity index (χ1v) is 2.71. The first-order valence-electron chi connectivity index (χ1n) is 2.71. The Balaban J connectivity index is -0.000000213. The zero-order chi connectivity index (χ0) is 5.98. The van der Waals surface area contributed by atoms with Gasteiger partial charge in [-0.15, -0.1) is 0 Å². The fourth-order valence-electron chi connectivity index (χ4n) is 0.735. The van der Waals surface area contributed by atoms with Crippen LogP contribution in [0.1, 0.15) is 29.2 Å². The molecule has 2 heteroatoms. The second-order valence-electron chi connectivity index (χ2n) is 1.90. The van der Waals surface area contributed by atoms with E-state index in [4.69, 9.17) is 0 Å². The summed E-state index contributed by atoms with van der Waals surface area (Å²) in [5.41, 5.74) is 0. The lowest BCUT2D eigenvalue weighted by molar-refractivity contribution is -0.127.